The molecule has 0 spiro atoms. The molecule has 1 aliphatic heterocycles. The zero-order valence-corrected chi connectivity index (χ0v) is 49.0. The predicted octanol–water partition coefficient (Wildman–Crippen LogP) is 19.1. The number of hydrogen-bond donors (Lipinski definition) is 0. The van der Waals surface area contributed by atoms with Crippen LogP contribution >= 0.6 is 0 Å². The molecule has 1 aliphatic rings. The van der Waals surface area contributed by atoms with E-state index in [0.29, 0.717) is 23.3 Å². The molecular formula is C69H73N4OPt-3. The van der Waals surface area contributed by atoms with E-state index in [1.807, 2.05) is 6.20 Å². The van der Waals surface area contributed by atoms with Crippen LogP contribution in [-0.2, 0) is 42.7 Å². The van der Waals surface area contributed by atoms with Crippen molar-refractivity contribution in [1.82, 2.24) is 9.55 Å². The van der Waals surface area contributed by atoms with E-state index in [-0.39, 0.29) is 42.7 Å². The standard InChI is InChI=1S/C69H73N4O.Pt/c1-44(2)56-25-20-26-57(45(3)4)65(56)46-35-53(72-43-71(52-24-19-23-48(37-52)66(5,6)7)63-39-49(67(8,9)10)27-32-61(63)72)41-55(36-46)74-54-29-30-58-59-38-51(69(14,15)47-21-17-16-18-22-47)28-31-60(59)73(62(58)42-54)64-40-50(33-34-70-64)68(11,12)13;/h16-40,43-45H,1-15H3;/q-3;. The van der Waals surface area contributed by atoms with Gasteiger partial charge in [0, 0.05) is 66.8 Å². The molecule has 9 aromatic rings. The Hall–Kier alpha value is -6.42. The average molecular weight is 1170 g/mol. The van der Waals surface area contributed by atoms with E-state index < -0.39 is 0 Å². The molecule has 0 atom stereocenters. The number of pyridine rings is 1. The van der Waals surface area contributed by atoms with E-state index in [0.717, 1.165) is 55.9 Å². The summed E-state index contributed by atoms with van der Waals surface area (Å²) in [5.74, 6) is 2.64. The van der Waals surface area contributed by atoms with E-state index in [4.69, 9.17) is 9.72 Å². The van der Waals surface area contributed by atoms with Crippen LogP contribution in [0.2, 0.25) is 0 Å². The average Bonchev–Trinajstić information content (AvgIpc) is 3.93. The third-order valence-corrected chi connectivity index (χ3v) is 15.3. The van der Waals surface area contributed by atoms with Crippen molar-refractivity contribution in [3.05, 3.63) is 210 Å². The maximum atomic E-state index is 7.17. The minimum absolute atomic E-state index is 0. The first kappa shape index (κ1) is 53.4. The fraction of sp³-hybridized carbons (Fsp3) is 0.304. The zero-order chi connectivity index (χ0) is 52.6. The largest absolute Gasteiger partial charge is 0.509 e. The molecule has 388 valence electrons. The van der Waals surface area contributed by atoms with Gasteiger partial charge in [0.25, 0.3) is 0 Å². The molecule has 0 radical (unpaired) electrons. The van der Waals surface area contributed by atoms with Crippen LogP contribution in [0.15, 0.2) is 152 Å². The molecule has 5 nitrogen and oxygen atoms in total. The first-order chi connectivity index (χ1) is 35.0. The van der Waals surface area contributed by atoms with Gasteiger partial charge in [-0.05, 0) is 120 Å². The van der Waals surface area contributed by atoms with Crippen molar-refractivity contribution in [3.63, 3.8) is 0 Å². The normalized spacial score (nSPS) is 13.3. The SMILES string of the molecule is CC(C)c1cccc(C(C)C)c1-c1cc(Oc2[c-]c3c(cc2)c2cc(C(C)(C)c4ccccc4)ccc2n3-c2cc(C(C)(C)C)ccn2)[c-]c(N2[CH-]N(c3cccc(C(C)(C)C)c3)c3cc(C(C)(C)C)ccc32)c1.[Pt]. The van der Waals surface area contributed by atoms with Crippen LogP contribution in [-0.4, -0.2) is 9.55 Å². The van der Waals surface area contributed by atoms with Crippen LogP contribution in [0.25, 0.3) is 38.8 Å². The summed E-state index contributed by atoms with van der Waals surface area (Å²) < 4.78 is 9.43. The third-order valence-electron chi connectivity index (χ3n) is 15.3. The van der Waals surface area contributed by atoms with Crippen LogP contribution in [0, 0.1) is 18.8 Å². The van der Waals surface area contributed by atoms with Gasteiger partial charge in [0.05, 0.1) is 0 Å². The molecule has 7 aromatic carbocycles. The molecule has 75 heavy (non-hydrogen) atoms. The van der Waals surface area contributed by atoms with Gasteiger partial charge >= 0.3 is 0 Å². The van der Waals surface area contributed by atoms with Gasteiger partial charge in [-0.25, -0.2) is 4.98 Å². The minimum Gasteiger partial charge on any atom is -0.509 e. The Labute approximate surface area is 462 Å². The van der Waals surface area contributed by atoms with Crippen molar-refractivity contribution in [2.75, 3.05) is 9.80 Å². The van der Waals surface area contributed by atoms with Crippen LogP contribution in [0.1, 0.15) is 155 Å². The number of aromatic nitrogens is 2. The summed E-state index contributed by atoms with van der Waals surface area (Å²) in [6.07, 6.45) is 1.93. The summed E-state index contributed by atoms with van der Waals surface area (Å²) >= 11 is 0. The second kappa shape index (κ2) is 19.9. The Kier molecular flexibility index (Phi) is 14.2. The smallest absolute Gasteiger partial charge is 0.135 e. The van der Waals surface area contributed by atoms with Crippen LogP contribution in [0.3, 0.4) is 0 Å². The second-order valence-corrected chi connectivity index (χ2v) is 24.7. The van der Waals surface area contributed by atoms with E-state index in [1.54, 1.807) is 0 Å². The molecule has 0 N–H and O–H groups in total. The first-order valence-corrected chi connectivity index (χ1v) is 26.6. The fourth-order valence-electron chi connectivity index (χ4n) is 10.6. The molecule has 0 fully saturated rings. The molecule has 0 saturated carbocycles. The maximum absolute atomic E-state index is 7.17. The van der Waals surface area contributed by atoms with Gasteiger partial charge in [0.2, 0.25) is 0 Å². The van der Waals surface area contributed by atoms with Crippen molar-refractivity contribution in [3.8, 4) is 28.4 Å². The van der Waals surface area contributed by atoms with Crippen molar-refractivity contribution < 1.29 is 25.8 Å². The Morgan fingerprint density at radius 3 is 1.80 bits per heavy atom. The molecule has 0 saturated heterocycles. The van der Waals surface area contributed by atoms with Crippen molar-refractivity contribution >= 4 is 44.6 Å². The maximum Gasteiger partial charge on any atom is 0.135 e. The molecular weight excluding hydrogens is 1100 g/mol. The van der Waals surface area contributed by atoms with Crippen molar-refractivity contribution in [2.24, 2.45) is 0 Å². The monoisotopic (exact) mass is 1170 g/mol. The Bertz CT molecular complexity index is 3540. The minimum atomic E-state index is -0.223. The van der Waals surface area contributed by atoms with Gasteiger partial charge in [0.1, 0.15) is 5.82 Å². The zero-order valence-electron chi connectivity index (χ0n) is 46.7. The van der Waals surface area contributed by atoms with Crippen LogP contribution in [0.4, 0.5) is 22.7 Å². The number of benzene rings is 7. The molecule has 0 amide bonds. The van der Waals surface area contributed by atoms with Gasteiger partial charge in [-0.3, -0.25) is 0 Å². The number of ether oxygens (including phenoxy) is 1. The molecule has 0 aliphatic carbocycles. The van der Waals surface area contributed by atoms with Gasteiger partial charge in [-0.2, -0.15) is 6.07 Å². The van der Waals surface area contributed by atoms with E-state index >= 15 is 0 Å². The van der Waals surface area contributed by atoms with Gasteiger partial charge in [0.15, 0.2) is 0 Å². The quantitative estimate of drug-likeness (QED) is 0.128. The summed E-state index contributed by atoms with van der Waals surface area (Å²) in [7, 11) is 0. The molecule has 6 heteroatoms. The summed E-state index contributed by atoms with van der Waals surface area (Å²) in [6, 6.07) is 61.1. The van der Waals surface area contributed by atoms with Crippen molar-refractivity contribution in [1.29, 1.82) is 0 Å². The summed E-state index contributed by atoms with van der Waals surface area (Å²) in [4.78, 5) is 9.68. The Morgan fingerprint density at radius 2 is 1.13 bits per heavy atom. The first-order valence-electron chi connectivity index (χ1n) is 26.6. The van der Waals surface area contributed by atoms with Crippen LogP contribution < -0.4 is 14.5 Å². The predicted molar refractivity (Wildman–Crippen MR) is 313 cm³/mol. The van der Waals surface area contributed by atoms with Crippen molar-refractivity contribution in [2.45, 2.75) is 137 Å². The molecule has 0 bridgehead atoms. The van der Waals surface area contributed by atoms with Gasteiger partial charge < -0.3 is 19.1 Å². The molecule has 0 unspecified atom stereocenters. The fourth-order valence-corrected chi connectivity index (χ4v) is 10.6. The van der Waals surface area contributed by atoms with Gasteiger partial charge in [-0.15, -0.1) is 53.6 Å². The number of rotatable bonds is 10. The Balaban J connectivity index is 0.00000689. The van der Waals surface area contributed by atoms with E-state index in [9.17, 15) is 0 Å². The van der Waals surface area contributed by atoms with Crippen LogP contribution in [0.5, 0.6) is 11.5 Å². The molecule has 3 heterocycles. The Morgan fingerprint density at radius 1 is 0.507 bits per heavy atom. The third kappa shape index (κ3) is 10.2. The van der Waals surface area contributed by atoms with E-state index in [2.05, 4.69) is 283 Å². The summed E-state index contributed by atoms with van der Waals surface area (Å²) in [6.45, 7) is 36.4. The summed E-state index contributed by atoms with van der Waals surface area (Å²) in [5.41, 5.74) is 17.0. The molecule has 2 aromatic heterocycles. The molecule has 10 rings (SSSR count). The van der Waals surface area contributed by atoms with Gasteiger partial charge in [-0.1, -0.05) is 188 Å². The topological polar surface area (TPSA) is 33.5 Å². The van der Waals surface area contributed by atoms with E-state index in [1.165, 1.54) is 44.5 Å². The number of fused-ring (bicyclic) bond motifs is 4. The summed E-state index contributed by atoms with van der Waals surface area (Å²) in [5, 5.41) is 2.23. The number of anilines is 4. The number of nitrogens with zero attached hydrogens (tertiary/aromatic N) is 4. The number of hydrogen-bond acceptors (Lipinski definition) is 4. The second-order valence-electron chi connectivity index (χ2n) is 24.7.